The Kier molecular flexibility index (Phi) is 7.07. The third-order valence-electron chi connectivity index (χ3n) is 11.8. The zero-order chi connectivity index (χ0) is 36.9. The van der Waals surface area contributed by atoms with Crippen LogP contribution >= 0.6 is 0 Å². The fraction of sp³-hybridized carbons (Fsp3) is 0.261. The van der Waals surface area contributed by atoms with Gasteiger partial charge >= 0.3 is 0 Å². The fourth-order valence-electron chi connectivity index (χ4n) is 7.19. The van der Waals surface area contributed by atoms with Gasteiger partial charge in [0.25, 0.3) is 0 Å². The molecule has 53 heavy (non-hydrogen) atoms. The zero-order valence-corrected chi connectivity index (χ0v) is 31.5. The van der Waals surface area contributed by atoms with Crippen molar-refractivity contribution in [1.82, 2.24) is 14.5 Å². The molecular formula is C46H43N5O2. The molecule has 0 saturated carbocycles. The Bertz CT molecular complexity index is 2650. The number of hydrogen-bond acceptors (Lipinski definition) is 6. The third-order valence-corrected chi connectivity index (χ3v) is 11.8. The summed E-state index contributed by atoms with van der Waals surface area (Å²) in [4.78, 5) is 19.5. The lowest BCUT2D eigenvalue weighted by atomic mass is 9.87. The molecule has 4 aromatic carbocycles. The molecule has 0 N–H and O–H groups in total. The van der Waals surface area contributed by atoms with Crippen LogP contribution in [0.15, 0.2) is 126 Å². The summed E-state index contributed by atoms with van der Waals surface area (Å²) in [5.74, 6) is 1.29. The van der Waals surface area contributed by atoms with E-state index in [-0.39, 0.29) is 22.3 Å². The highest BCUT2D eigenvalue weighted by Gasteiger charge is 2.46. The number of ether oxygens (including phenoxy) is 2. The van der Waals surface area contributed by atoms with Gasteiger partial charge in [0, 0.05) is 45.4 Å². The molecule has 9 rings (SSSR count). The number of hydrogen-bond donors (Lipinski definition) is 0. The van der Waals surface area contributed by atoms with E-state index in [1.165, 1.54) is 21.7 Å². The molecule has 0 atom stereocenters. The first-order chi connectivity index (χ1) is 25.2. The predicted molar refractivity (Wildman–Crippen MR) is 216 cm³/mol. The van der Waals surface area contributed by atoms with Crippen molar-refractivity contribution >= 4 is 44.4 Å². The van der Waals surface area contributed by atoms with Gasteiger partial charge in [0.05, 0.1) is 44.6 Å². The van der Waals surface area contributed by atoms with Gasteiger partial charge in [0.1, 0.15) is 11.2 Å². The highest BCUT2D eigenvalue weighted by Crippen LogP contribution is 2.41. The van der Waals surface area contributed by atoms with Crippen molar-refractivity contribution in [1.29, 1.82) is 0 Å². The molecule has 2 aliphatic heterocycles. The first-order valence-electron chi connectivity index (χ1n) is 18.3. The average Bonchev–Trinajstić information content (AvgIpc) is 3.68. The second-order valence-electron chi connectivity index (χ2n) is 16.3. The summed E-state index contributed by atoms with van der Waals surface area (Å²) in [7, 11) is 0. The molecule has 2 aliphatic rings. The summed E-state index contributed by atoms with van der Waals surface area (Å²) in [5, 5.41) is 4.71. The standard InChI is InChI=1S/C46H43N5O2/c1-43(2)45(5,6)52-41(49-43)31-17-22-37(47-26-31)29-15-19-34-28(24-29)14-21-36-35-20-16-30(25-39(35)51(40(34)36)33-12-10-9-11-13-33)38-23-18-32(27-48-38)42-50-44(3,4)46(7,8)53-42/h9-27H,1-8H3. The van der Waals surface area contributed by atoms with Crippen molar-refractivity contribution in [2.75, 3.05) is 0 Å². The highest BCUT2D eigenvalue weighted by atomic mass is 16.5. The molecule has 0 fully saturated rings. The first-order valence-corrected chi connectivity index (χ1v) is 18.3. The van der Waals surface area contributed by atoms with Crippen LogP contribution in [0, 0.1) is 0 Å². The minimum Gasteiger partial charge on any atom is -0.469 e. The number of aliphatic imine (C=N–C) groups is 2. The first kappa shape index (κ1) is 33.0. The van der Waals surface area contributed by atoms with E-state index >= 15 is 0 Å². The van der Waals surface area contributed by atoms with Gasteiger partial charge in [-0.1, -0.05) is 54.6 Å². The Hall–Kier alpha value is -5.82. The van der Waals surface area contributed by atoms with Gasteiger partial charge in [-0.05, 0) is 109 Å². The normalized spacial score (nSPS) is 18.2. The monoisotopic (exact) mass is 697 g/mol. The van der Waals surface area contributed by atoms with Crippen LogP contribution in [0.3, 0.4) is 0 Å². The maximum atomic E-state index is 6.25. The molecule has 5 heterocycles. The second kappa shape index (κ2) is 11.3. The number of aromatic nitrogens is 3. The minimum absolute atomic E-state index is 0.312. The van der Waals surface area contributed by atoms with E-state index in [0.717, 1.165) is 50.2 Å². The van der Waals surface area contributed by atoms with Crippen LogP contribution in [-0.4, -0.2) is 48.6 Å². The molecular weight excluding hydrogens is 655 g/mol. The molecule has 0 unspecified atom stereocenters. The highest BCUT2D eigenvalue weighted by molar-refractivity contribution is 6.19. The molecule has 0 bridgehead atoms. The number of nitrogens with zero attached hydrogens (tertiary/aromatic N) is 5. The Balaban J connectivity index is 1.11. The van der Waals surface area contributed by atoms with E-state index in [9.17, 15) is 0 Å². The van der Waals surface area contributed by atoms with Crippen molar-refractivity contribution in [3.8, 4) is 28.2 Å². The molecule has 264 valence electrons. The molecule has 0 spiro atoms. The van der Waals surface area contributed by atoms with Crippen LogP contribution in [-0.2, 0) is 9.47 Å². The topological polar surface area (TPSA) is 73.9 Å². The number of pyridine rings is 2. The van der Waals surface area contributed by atoms with Crippen LogP contribution in [0.2, 0.25) is 0 Å². The van der Waals surface area contributed by atoms with Crippen molar-refractivity contribution < 1.29 is 9.47 Å². The van der Waals surface area contributed by atoms with Crippen LogP contribution in [0.5, 0.6) is 0 Å². The quantitative estimate of drug-likeness (QED) is 0.179. The summed E-state index contributed by atoms with van der Waals surface area (Å²) in [6.45, 7) is 16.7. The van der Waals surface area contributed by atoms with E-state index in [1.54, 1.807) is 0 Å². The Morgan fingerprint density at radius 2 is 1.00 bits per heavy atom. The van der Waals surface area contributed by atoms with E-state index in [4.69, 9.17) is 29.4 Å². The van der Waals surface area contributed by atoms with Gasteiger partial charge in [0.2, 0.25) is 11.8 Å². The zero-order valence-electron chi connectivity index (χ0n) is 31.5. The summed E-state index contributed by atoms with van der Waals surface area (Å²) in [5.41, 5.74) is 7.66. The SMILES string of the molecule is CC1(C)N=C(c2ccc(-c3ccc4c(ccc5c6ccc(-c7ccc(C8=NC(C)(C)C(C)(C)O8)cn7)cc6n(-c6ccccc6)c45)c3)nc2)OC1(C)C. The Morgan fingerprint density at radius 1 is 0.491 bits per heavy atom. The van der Waals surface area contributed by atoms with E-state index < -0.39 is 0 Å². The van der Waals surface area contributed by atoms with Crippen molar-refractivity contribution in [3.05, 3.63) is 127 Å². The summed E-state index contributed by atoms with van der Waals surface area (Å²) >= 11 is 0. The summed E-state index contributed by atoms with van der Waals surface area (Å²) in [6, 6.07) is 36.6. The number of rotatable bonds is 5. The number of fused-ring (bicyclic) bond motifs is 5. The second-order valence-corrected chi connectivity index (χ2v) is 16.3. The molecule has 0 saturated heterocycles. The molecule has 7 heteroatoms. The average molecular weight is 698 g/mol. The van der Waals surface area contributed by atoms with Crippen molar-refractivity contribution in [2.45, 2.75) is 77.7 Å². The lowest BCUT2D eigenvalue weighted by Gasteiger charge is -2.30. The Labute approximate surface area is 310 Å². The molecule has 3 aromatic heterocycles. The molecule has 0 aliphatic carbocycles. The Morgan fingerprint density at radius 3 is 1.51 bits per heavy atom. The summed E-state index contributed by atoms with van der Waals surface area (Å²) < 4.78 is 14.9. The number of benzene rings is 4. The van der Waals surface area contributed by atoms with Gasteiger partial charge in [-0.15, -0.1) is 0 Å². The molecule has 0 amide bonds. The van der Waals surface area contributed by atoms with Crippen LogP contribution in [0.25, 0.3) is 60.8 Å². The fourth-order valence-corrected chi connectivity index (χ4v) is 7.19. The van der Waals surface area contributed by atoms with Crippen LogP contribution < -0.4 is 0 Å². The maximum absolute atomic E-state index is 6.25. The van der Waals surface area contributed by atoms with E-state index in [1.807, 2.05) is 12.4 Å². The lowest BCUT2D eigenvalue weighted by molar-refractivity contribution is 0.0618. The van der Waals surface area contributed by atoms with Gasteiger partial charge < -0.3 is 14.0 Å². The van der Waals surface area contributed by atoms with Crippen LogP contribution in [0.4, 0.5) is 0 Å². The largest absolute Gasteiger partial charge is 0.469 e. The van der Waals surface area contributed by atoms with Gasteiger partial charge in [-0.25, -0.2) is 9.98 Å². The van der Waals surface area contributed by atoms with Gasteiger partial charge in [0.15, 0.2) is 0 Å². The summed E-state index contributed by atoms with van der Waals surface area (Å²) in [6.07, 6.45) is 3.73. The van der Waals surface area contributed by atoms with Crippen molar-refractivity contribution in [3.63, 3.8) is 0 Å². The number of para-hydroxylation sites is 1. The van der Waals surface area contributed by atoms with Crippen molar-refractivity contribution in [2.24, 2.45) is 9.98 Å². The maximum Gasteiger partial charge on any atom is 0.218 e. The minimum atomic E-state index is -0.388. The predicted octanol–water partition coefficient (Wildman–Crippen LogP) is 10.7. The molecule has 7 aromatic rings. The van der Waals surface area contributed by atoms with E-state index in [2.05, 4.69) is 163 Å². The van der Waals surface area contributed by atoms with Gasteiger partial charge in [-0.3, -0.25) is 9.97 Å². The van der Waals surface area contributed by atoms with Gasteiger partial charge in [-0.2, -0.15) is 0 Å². The third kappa shape index (κ3) is 5.24. The van der Waals surface area contributed by atoms with E-state index in [0.29, 0.717) is 11.8 Å². The molecule has 0 radical (unpaired) electrons. The molecule has 7 nitrogen and oxygen atoms in total. The lowest BCUT2D eigenvalue weighted by Crippen LogP contribution is -2.41. The smallest absolute Gasteiger partial charge is 0.218 e. The van der Waals surface area contributed by atoms with Crippen LogP contribution in [0.1, 0.15) is 66.5 Å².